The van der Waals surface area contributed by atoms with E-state index in [-0.39, 0.29) is 24.6 Å². The number of carboxylic acid groups (broad SMARTS) is 1. The van der Waals surface area contributed by atoms with Crippen molar-refractivity contribution in [2.75, 3.05) is 6.54 Å². The highest BCUT2D eigenvalue weighted by molar-refractivity contribution is 9.10. The first-order chi connectivity index (χ1) is 9.32. The minimum atomic E-state index is -0.908. The molecule has 0 atom stereocenters. The number of carbonyl (C=O) groups excluding carboxylic acids is 1. The fraction of sp³-hybridized carbons (Fsp3) is 0.429. The van der Waals surface area contributed by atoms with Crippen molar-refractivity contribution in [2.45, 2.75) is 32.7 Å². The predicted molar refractivity (Wildman–Crippen MR) is 77.1 cm³/mol. The molecule has 0 radical (unpaired) electrons. The van der Waals surface area contributed by atoms with E-state index in [9.17, 15) is 14.0 Å². The van der Waals surface area contributed by atoms with Crippen LogP contribution in [0.15, 0.2) is 22.7 Å². The molecule has 0 aliphatic rings. The molecule has 0 saturated carbocycles. The van der Waals surface area contributed by atoms with Gasteiger partial charge >= 0.3 is 5.97 Å². The van der Waals surface area contributed by atoms with E-state index in [1.807, 2.05) is 13.8 Å². The lowest BCUT2D eigenvalue weighted by Gasteiger charge is -2.27. The van der Waals surface area contributed by atoms with E-state index in [1.165, 1.54) is 23.1 Å². The molecule has 0 bridgehead atoms. The Hall–Kier alpha value is -1.43. The minimum absolute atomic E-state index is 0.0107. The van der Waals surface area contributed by atoms with Crippen molar-refractivity contribution in [3.8, 4) is 0 Å². The highest BCUT2D eigenvalue weighted by atomic mass is 79.9. The third-order valence-electron chi connectivity index (χ3n) is 2.83. The van der Waals surface area contributed by atoms with E-state index in [4.69, 9.17) is 5.11 Å². The molecule has 0 heterocycles. The number of benzene rings is 1. The normalized spacial score (nSPS) is 10.7. The van der Waals surface area contributed by atoms with Gasteiger partial charge in [-0.15, -0.1) is 0 Å². The van der Waals surface area contributed by atoms with Gasteiger partial charge in [-0.05, 0) is 38.5 Å². The van der Waals surface area contributed by atoms with E-state index in [0.717, 1.165) is 0 Å². The predicted octanol–water partition coefficient (Wildman–Crippen LogP) is 3.30. The van der Waals surface area contributed by atoms with Crippen molar-refractivity contribution in [3.05, 3.63) is 34.1 Å². The second-order valence-electron chi connectivity index (χ2n) is 4.71. The van der Waals surface area contributed by atoms with Gasteiger partial charge in [-0.2, -0.15) is 0 Å². The number of amides is 1. The minimum Gasteiger partial charge on any atom is -0.481 e. The standard InChI is InChI=1S/C14H17BrFNO3/c1-9(2)17(7-3-4-13(18)19)14(20)11-8-10(15)5-6-12(11)16/h5-6,8-9H,3-4,7H2,1-2H3,(H,18,19). The van der Waals surface area contributed by atoms with Crippen LogP contribution in [0.1, 0.15) is 37.0 Å². The summed E-state index contributed by atoms with van der Waals surface area (Å²) in [6.45, 7) is 3.91. The lowest BCUT2D eigenvalue weighted by Crippen LogP contribution is -2.38. The molecule has 1 N–H and O–H groups in total. The first-order valence-corrected chi connectivity index (χ1v) is 7.10. The lowest BCUT2D eigenvalue weighted by molar-refractivity contribution is -0.137. The number of rotatable bonds is 6. The molecule has 1 aromatic carbocycles. The lowest BCUT2D eigenvalue weighted by atomic mass is 10.1. The average molecular weight is 346 g/mol. The molecule has 1 aromatic rings. The van der Waals surface area contributed by atoms with Crippen molar-refractivity contribution in [3.63, 3.8) is 0 Å². The van der Waals surface area contributed by atoms with Crippen LogP contribution in [0.5, 0.6) is 0 Å². The van der Waals surface area contributed by atoms with Crippen LogP contribution in [0.4, 0.5) is 4.39 Å². The quantitative estimate of drug-likeness (QED) is 0.860. The Morgan fingerprint density at radius 1 is 1.40 bits per heavy atom. The zero-order valence-corrected chi connectivity index (χ0v) is 13.0. The molecular weight excluding hydrogens is 329 g/mol. The van der Waals surface area contributed by atoms with Crippen LogP contribution in [-0.4, -0.2) is 34.5 Å². The van der Waals surface area contributed by atoms with Crippen molar-refractivity contribution in [1.29, 1.82) is 0 Å². The number of aliphatic carboxylic acids is 1. The second kappa shape index (κ2) is 7.38. The maximum Gasteiger partial charge on any atom is 0.303 e. The monoisotopic (exact) mass is 345 g/mol. The van der Waals surface area contributed by atoms with Gasteiger partial charge in [-0.25, -0.2) is 4.39 Å². The van der Waals surface area contributed by atoms with Crippen LogP contribution in [-0.2, 0) is 4.79 Å². The van der Waals surface area contributed by atoms with Crippen molar-refractivity contribution < 1.29 is 19.1 Å². The van der Waals surface area contributed by atoms with Gasteiger partial charge in [-0.1, -0.05) is 15.9 Å². The molecule has 1 amide bonds. The Morgan fingerprint density at radius 3 is 2.60 bits per heavy atom. The summed E-state index contributed by atoms with van der Waals surface area (Å²) in [4.78, 5) is 24.4. The maximum atomic E-state index is 13.7. The van der Waals surface area contributed by atoms with E-state index in [0.29, 0.717) is 10.9 Å². The molecule has 0 spiro atoms. The zero-order chi connectivity index (χ0) is 15.3. The summed E-state index contributed by atoms with van der Waals surface area (Å²) >= 11 is 3.21. The first-order valence-electron chi connectivity index (χ1n) is 6.30. The van der Waals surface area contributed by atoms with Gasteiger partial charge in [0.25, 0.3) is 5.91 Å². The summed E-state index contributed by atoms with van der Waals surface area (Å²) in [5.74, 6) is -1.92. The molecular formula is C14H17BrFNO3. The Balaban J connectivity index is 2.88. The smallest absolute Gasteiger partial charge is 0.303 e. The number of halogens is 2. The highest BCUT2D eigenvalue weighted by Gasteiger charge is 2.21. The molecule has 6 heteroatoms. The van der Waals surface area contributed by atoms with Crippen LogP contribution in [0.2, 0.25) is 0 Å². The summed E-state index contributed by atoms with van der Waals surface area (Å²) in [5, 5.41) is 8.63. The van der Waals surface area contributed by atoms with Crippen LogP contribution < -0.4 is 0 Å². The van der Waals surface area contributed by atoms with Gasteiger partial charge < -0.3 is 10.0 Å². The number of carbonyl (C=O) groups is 2. The number of nitrogens with zero attached hydrogens (tertiary/aromatic N) is 1. The Labute approximate surface area is 125 Å². The van der Waals surface area contributed by atoms with E-state index in [2.05, 4.69) is 15.9 Å². The van der Waals surface area contributed by atoms with Gasteiger partial charge in [0.15, 0.2) is 0 Å². The van der Waals surface area contributed by atoms with Gasteiger partial charge in [0.05, 0.1) is 5.56 Å². The Kier molecular flexibility index (Phi) is 6.13. The van der Waals surface area contributed by atoms with Crippen LogP contribution in [0.25, 0.3) is 0 Å². The van der Waals surface area contributed by atoms with E-state index >= 15 is 0 Å². The topological polar surface area (TPSA) is 57.6 Å². The van der Waals surface area contributed by atoms with E-state index < -0.39 is 17.7 Å². The third-order valence-corrected chi connectivity index (χ3v) is 3.33. The van der Waals surface area contributed by atoms with Gasteiger partial charge in [0, 0.05) is 23.5 Å². The van der Waals surface area contributed by atoms with Gasteiger partial charge in [-0.3, -0.25) is 9.59 Å². The molecule has 0 fully saturated rings. The number of hydrogen-bond donors (Lipinski definition) is 1. The number of hydrogen-bond acceptors (Lipinski definition) is 2. The molecule has 0 aliphatic carbocycles. The van der Waals surface area contributed by atoms with E-state index in [1.54, 1.807) is 0 Å². The Bertz CT molecular complexity index is 505. The summed E-state index contributed by atoms with van der Waals surface area (Å²) in [6.07, 6.45) is 0.326. The fourth-order valence-corrected chi connectivity index (χ4v) is 2.17. The summed E-state index contributed by atoms with van der Waals surface area (Å²) in [5.41, 5.74) is -0.0107. The van der Waals surface area contributed by atoms with Crippen molar-refractivity contribution >= 4 is 27.8 Å². The van der Waals surface area contributed by atoms with Gasteiger partial charge in [0.2, 0.25) is 0 Å². The average Bonchev–Trinajstić information content (AvgIpc) is 2.36. The first kappa shape index (κ1) is 16.6. The van der Waals surface area contributed by atoms with Crippen LogP contribution in [0, 0.1) is 5.82 Å². The van der Waals surface area contributed by atoms with Crippen molar-refractivity contribution in [2.24, 2.45) is 0 Å². The van der Waals surface area contributed by atoms with Crippen LogP contribution in [0.3, 0.4) is 0 Å². The largest absolute Gasteiger partial charge is 0.481 e. The summed E-state index contributed by atoms with van der Waals surface area (Å²) < 4.78 is 14.4. The maximum absolute atomic E-state index is 13.7. The second-order valence-corrected chi connectivity index (χ2v) is 5.63. The molecule has 0 saturated heterocycles. The zero-order valence-electron chi connectivity index (χ0n) is 11.4. The molecule has 4 nitrogen and oxygen atoms in total. The molecule has 1 rings (SSSR count). The highest BCUT2D eigenvalue weighted by Crippen LogP contribution is 2.18. The fourth-order valence-electron chi connectivity index (χ4n) is 1.81. The SMILES string of the molecule is CC(C)N(CCCC(=O)O)C(=O)c1cc(Br)ccc1F. The summed E-state index contributed by atoms with van der Waals surface area (Å²) in [6, 6.07) is 4.06. The summed E-state index contributed by atoms with van der Waals surface area (Å²) in [7, 11) is 0. The van der Waals surface area contributed by atoms with Crippen LogP contribution >= 0.6 is 15.9 Å². The number of carboxylic acids is 1. The van der Waals surface area contributed by atoms with Gasteiger partial charge in [0.1, 0.15) is 5.82 Å². The molecule has 0 unspecified atom stereocenters. The van der Waals surface area contributed by atoms with Crippen molar-refractivity contribution in [1.82, 2.24) is 4.90 Å². The molecule has 0 aliphatic heterocycles. The third kappa shape index (κ3) is 4.59. The molecule has 0 aromatic heterocycles. The molecule has 110 valence electrons. The molecule has 20 heavy (non-hydrogen) atoms. The Morgan fingerprint density at radius 2 is 2.05 bits per heavy atom.